The first-order chi connectivity index (χ1) is 4.72. The summed E-state index contributed by atoms with van der Waals surface area (Å²) in [6.45, 7) is 1.80. The minimum atomic E-state index is -0.558. The maximum Gasteiger partial charge on any atom is 0.331 e. The molecule has 0 fully saturated rings. The molecule has 0 radical (unpaired) electrons. The largest absolute Gasteiger partial charge is 0.451 e. The predicted octanol–water partition coefficient (Wildman–Crippen LogP) is 0.447. The number of ether oxygens (including phenoxy) is 1. The Bertz CT molecular complexity index is 193. The van der Waals surface area contributed by atoms with Crippen LogP contribution in [0.5, 0.6) is 0 Å². The quantitative estimate of drug-likeness (QED) is 0.392. The normalized spacial score (nSPS) is 25.1. The summed E-state index contributed by atoms with van der Waals surface area (Å²) in [6, 6.07) is 0. The van der Waals surface area contributed by atoms with Gasteiger partial charge in [-0.25, -0.2) is 4.79 Å². The van der Waals surface area contributed by atoms with Crippen molar-refractivity contribution in [3.8, 4) is 0 Å². The molecule has 0 spiro atoms. The van der Waals surface area contributed by atoms with Gasteiger partial charge >= 0.3 is 5.97 Å². The monoisotopic (exact) mass is 140 g/mol. The minimum absolute atomic E-state index is 0.416. The van der Waals surface area contributed by atoms with Crippen LogP contribution in [0, 0.1) is 0 Å². The van der Waals surface area contributed by atoms with Crippen LogP contribution in [0.2, 0.25) is 0 Å². The second-order valence-corrected chi connectivity index (χ2v) is 2.31. The Morgan fingerprint density at radius 1 is 1.80 bits per heavy atom. The highest BCUT2D eigenvalue weighted by Crippen LogP contribution is 2.12. The fourth-order valence-electron chi connectivity index (χ4n) is 0.878. The average molecular weight is 140 g/mol. The van der Waals surface area contributed by atoms with E-state index in [1.54, 1.807) is 6.92 Å². The van der Waals surface area contributed by atoms with Gasteiger partial charge in [0.1, 0.15) is 0 Å². The van der Waals surface area contributed by atoms with Gasteiger partial charge in [-0.05, 0) is 6.92 Å². The van der Waals surface area contributed by atoms with Crippen LogP contribution in [0.1, 0.15) is 13.3 Å². The Morgan fingerprint density at radius 2 is 2.50 bits per heavy atom. The summed E-state index contributed by atoms with van der Waals surface area (Å²) in [5.74, 6) is -0.416. The highest BCUT2D eigenvalue weighted by molar-refractivity contribution is 5.85. The van der Waals surface area contributed by atoms with Gasteiger partial charge in [-0.15, -0.1) is 0 Å². The maximum absolute atomic E-state index is 10.6. The molecule has 3 heteroatoms. The van der Waals surface area contributed by atoms with E-state index in [9.17, 15) is 9.59 Å². The Balaban J connectivity index is 2.69. The molecule has 1 heterocycles. The molecule has 54 valence electrons. The third-order valence-corrected chi connectivity index (χ3v) is 1.31. The van der Waals surface area contributed by atoms with Gasteiger partial charge < -0.3 is 4.74 Å². The number of carbonyl (C=O) groups excluding carboxylic acids is 2. The fourth-order valence-corrected chi connectivity index (χ4v) is 0.878. The summed E-state index contributed by atoms with van der Waals surface area (Å²) >= 11 is 0. The van der Waals surface area contributed by atoms with E-state index in [1.165, 1.54) is 6.08 Å². The molecule has 0 saturated heterocycles. The van der Waals surface area contributed by atoms with Crippen LogP contribution in [-0.2, 0) is 14.3 Å². The van der Waals surface area contributed by atoms with Crippen molar-refractivity contribution in [1.29, 1.82) is 0 Å². The van der Waals surface area contributed by atoms with Gasteiger partial charge in [0.05, 0.1) is 0 Å². The molecule has 0 amide bonds. The second kappa shape index (κ2) is 2.64. The molecule has 0 unspecified atom stereocenters. The van der Waals surface area contributed by atoms with Gasteiger partial charge in [0.2, 0.25) is 0 Å². The third-order valence-electron chi connectivity index (χ3n) is 1.31. The molecule has 0 aliphatic carbocycles. The number of hydrogen-bond acceptors (Lipinski definition) is 3. The van der Waals surface area contributed by atoms with E-state index in [4.69, 9.17) is 0 Å². The van der Waals surface area contributed by atoms with Crippen LogP contribution in [-0.4, -0.2) is 18.4 Å². The topological polar surface area (TPSA) is 43.4 Å². The Labute approximate surface area is 58.7 Å². The SMILES string of the molecule is CC1=CC(=O)O[C@@H](C=O)C1. The number of cyclic esters (lactones) is 1. The summed E-state index contributed by atoms with van der Waals surface area (Å²) in [7, 11) is 0. The molecule has 10 heavy (non-hydrogen) atoms. The number of carbonyl (C=O) groups is 2. The third kappa shape index (κ3) is 1.43. The molecule has 1 aliphatic heterocycles. The van der Waals surface area contributed by atoms with Gasteiger partial charge in [-0.3, -0.25) is 4.79 Å². The van der Waals surface area contributed by atoms with E-state index in [0.717, 1.165) is 5.57 Å². The van der Waals surface area contributed by atoms with E-state index in [0.29, 0.717) is 12.7 Å². The van der Waals surface area contributed by atoms with E-state index < -0.39 is 12.1 Å². The molecule has 0 bridgehead atoms. The standard InChI is InChI=1S/C7H8O3/c1-5-2-6(4-8)10-7(9)3-5/h3-4,6H,2H2,1H3/t6-/m1/s1. The Hall–Kier alpha value is -1.12. The van der Waals surface area contributed by atoms with Crippen LogP contribution >= 0.6 is 0 Å². The van der Waals surface area contributed by atoms with Crippen molar-refractivity contribution in [3.05, 3.63) is 11.6 Å². The maximum atomic E-state index is 10.6. The van der Waals surface area contributed by atoms with Crippen LogP contribution in [0.15, 0.2) is 11.6 Å². The number of aldehydes is 1. The van der Waals surface area contributed by atoms with E-state index in [2.05, 4.69) is 4.74 Å². The first kappa shape index (κ1) is 6.99. The fraction of sp³-hybridized carbons (Fsp3) is 0.429. The lowest BCUT2D eigenvalue weighted by atomic mass is 10.1. The number of rotatable bonds is 1. The first-order valence-corrected chi connectivity index (χ1v) is 3.05. The smallest absolute Gasteiger partial charge is 0.331 e. The molecular weight excluding hydrogens is 132 g/mol. The lowest BCUT2D eigenvalue weighted by molar-refractivity contribution is -0.147. The molecule has 0 aromatic heterocycles. The summed E-state index contributed by atoms with van der Waals surface area (Å²) in [5.41, 5.74) is 0.897. The lowest BCUT2D eigenvalue weighted by Gasteiger charge is -2.15. The summed E-state index contributed by atoms with van der Waals surface area (Å²) in [4.78, 5) is 20.7. The number of esters is 1. The summed E-state index contributed by atoms with van der Waals surface area (Å²) in [6.07, 6.45) is 2.03. The molecule has 3 nitrogen and oxygen atoms in total. The van der Waals surface area contributed by atoms with Gasteiger partial charge in [-0.1, -0.05) is 5.57 Å². The second-order valence-electron chi connectivity index (χ2n) is 2.31. The van der Waals surface area contributed by atoms with Gasteiger partial charge in [0.25, 0.3) is 0 Å². The average Bonchev–Trinajstić information content (AvgIpc) is 1.85. The van der Waals surface area contributed by atoms with Crippen molar-refractivity contribution in [1.82, 2.24) is 0 Å². The molecule has 0 aromatic rings. The zero-order valence-corrected chi connectivity index (χ0v) is 5.66. The molecule has 1 rings (SSSR count). The van der Waals surface area contributed by atoms with Crippen molar-refractivity contribution >= 4 is 12.3 Å². The minimum Gasteiger partial charge on any atom is -0.451 e. The summed E-state index contributed by atoms with van der Waals surface area (Å²) < 4.78 is 4.62. The lowest BCUT2D eigenvalue weighted by Crippen LogP contribution is -2.22. The molecule has 1 atom stereocenters. The van der Waals surface area contributed by atoms with E-state index in [-0.39, 0.29) is 0 Å². The molecule has 0 aromatic carbocycles. The zero-order chi connectivity index (χ0) is 7.56. The number of hydrogen-bond donors (Lipinski definition) is 0. The molecular formula is C7H8O3. The van der Waals surface area contributed by atoms with Crippen LogP contribution in [0.25, 0.3) is 0 Å². The van der Waals surface area contributed by atoms with Crippen LogP contribution < -0.4 is 0 Å². The van der Waals surface area contributed by atoms with Crippen molar-refractivity contribution in [2.24, 2.45) is 0 Å². The Kier molecular flexibility index (Phi) is 1.85. The van der Waals surface area contributed by atoms with Gasteiger partial charge in [0, 0.05) is 12.5 Å². The van der Waals surface area contributed by atoms with Crippen LogP contribution in [0.4, 0.5) is 0 Å². The molecule has 0 saturated carbocycles. The van der Waals surface area contributed by atoms with Gasteiger partial charge in [-0.2, -0.15) is 0 Å². The van der Waals surface area contributed by atoms with Gasteiger partial charge in [0.15, 0.2) is 12.4 Å². The van der Waals surface area contributed by atoms with Crippen molar-refractivity contribution in [2.45, 2.75) is 19.4 Å². The highest BCUT2D eigenvalue weighted by atomic mass is 16.5. The molecule has 0 N–H and O–H groups in total. The van der Waals surface area contributed by atoms with E-state index in [1.807, 2.05) is 0 Å². The summed E-state index contributed by atoms with van der Waals surface area (Å²) in [5, 5.41) is 0. The predicted molar refractivity (Wildman–Crippen MR) is 34.3 cm³/mol. The Morgan fingerprint density at radius 3 is 3.00 bits per heavy atom. The molecule has 1 aliphatic rings. The highest BCUT2D eigenvalue weighted by Gasteiger charge is 2.17. The zero-order valence-electron chi connectivity index (χ0n) is 5.66. The first-order valence-electron chi connectivity index (χ1n) is 3.05. The van der Waals surface area contributed by atoms with Crippen LogP contribution in [0.3, 0.4) is 0 Å². The van der Waals surface area contributed by atoms with Crippen molar-refractivity contribution in [2.75, 3.05) is 0 Å². The van der Waals surface area contributed by atoms with Crippen molar-refractivity contribution in [3.63, 3.8) is 0 Å². The van der Waals surface area contributed by atoms with E-state index >= 15 is 0 Å². The van der Waals surface area contributed by atoms with Crippen molar-refractivity contribution < 1.29 is 14.3 Å².